The van der Waals surface area contributed by atoms with E-state index in [4.69, 9.17) is 14.6 Å². The second kappa shape index (κ2) is 7.69. The van der Waals surface area contributed by atoms with Crippen molar-refractivity contribution >= 4 is 0 Å². The summed E-state index contributed by atoms with van der Waals surface area (Å²) in [6.45, 7) is 2.43. The fourth-order valence-corrected chi connectivity index (χ4v) is 3.35. The van der Waals surface area contributed by atoms with Gasteiger partial charge in [-0.05, 0) is 48.6 Å². The Morgan fingerprint density at radius 1 is 1.12 bits per heavy atom. The lowest BCUT2D eigenvalue weighted by atomic mass is 10.1. The quantitative estimate of drug-likeness (QED) is 0.821. The number of aliphatic hydroxyl groups is 1. The zero-order chi connectivity index (χ0) is 16.9. The van der Waals surface area contributed by atoms with Gasteiger partial charge in [0.2, 0.25) is 0 Å². The molecule has 24 heavy (non-hydrogen) atoms. The fourth-order valence-electron chi connectivity index (χ4n) is 3.35. The predicted molar refractivity (Wildman–Crippen MR) is 94.8 cm³/mol. The van der Waals surface area contributed by atoms with Crippen molar-refractivity contribution in [2.75, 3.05) is 20.3 Å². The second-order valence-electron chi connectivity index (χ2n) is 6.24. The normalized spacial score (nSPS) is 15.1. The van der Waals surface area contributed by atoms with Crippen LogP contribution < -0.4 is 14.8 Å². The van der Waals surface area contributed by atoms with E-state index < -0.39 is 0 Å². The Morgan fingerprint density at radius 2 is 1.83 bits per heavy atom. The summed E-state index contributed by atoms with van der Waals surface area (Å²) in [7, 11) is 1.64. The van der Waals surface area contributed by atoms with Crippen LogP contribution in [0.3, 0.4) is 0 Å². The number of aliphatic hydroxyl groups excluding tert-OH is 1. The molecule has 0 spiro atoms. The molecule has 0 heterocycles. The van der Waals surface area contributed by atoms with Gasteiger partial charge in [-0.3, -0.25) is 0 Å². The molecule has 0 aromatic heterocycles. The second-order valence-corrected chi connectivity index (χ2v) is 6.24. The standard InChI is InChI=1S/C20H25NO3/c1-14(21-18-11-16-5-3-4-6-17(16)12-18)15-7-8-19(24-10-9-22)20(13-15)23-2/h3-8,13-14,18,21-22H,9-12H2,1-2H3/t14-/m0/s1. The van der Waals surface area contributed by atoms with Crippen LogP contribution in [0.1, 0.15) is 29.7 Å². The molecule has 2 aromatic rings. The van der Waals surface area contributed by atoms with Crippen LogP contribution in [0.25, 0.3) is 0 Å². The highest BCUT2D eigenvalue weighted by Gasteiger charge is 2.22. The molecule has 0 saturated carbocycles. The summed E-state index contributed by atoms with van der Waals surface area (Å²) < 4.78 is 10.9. The minimum atomic E-state index is -0.00883. The van der Waals surface area contributed by atoms with Gasteiger partial charge in [0.15, 0.2) is 11.5 Å². The average molecular weight is 327 g/mol. The van der Waals surface area contributed by atoms with Crippen molar-refractivity contribution < 1.29 is 14.6 Å². The third kappa shape index (κ3) is 3.71. The van der Waals surface area contributed by atoms with Gasteiger partial charge in [-0.1, -0.05) is 30.3 Å². The van der Waals surface area contributed by atoms with Crippen LogP contribution >= 0.6 is 0 Å². The zero-order valence-corrected chi connectivity index (χ0v) is 14.3. The van der Waals surface area contributed by atoms with E-state index >= 15 is 0 Å². The van der Waals surface area contributed by atoms with E-state index in [1.54, 1.807) is 7.11 Å². The number of fused-ring (bicyclic) bond motifs is 1. The molecule has 0 saturated heterocycles. The third-order valence-electron chi connectivity index (χ3n) is 4.57. The summed E-state index contributed by atoms with van der Waals surface area (Å²) in [6, 6.07) is 15.3. The van der Waals surface area contributed by atoms with Gasteiger partial charge in [0.1, 0.15) is 6.61 Å². The largest absolute Gasteiger partial charge is 0.493 e. The Morgan fingerprint density at radius 3 is 2.46 bits per heavy atom. The number of methoxy groups -OCH3 is 1. The lowest BCUT2D eigenvalue weighted by molar-refractivity contribution is 0.196. The average Bonchev–Trinajstić information content (AvgIpc) is 3.01. The molecule has 0 amide bonds. The minimum Gasteiger partial charge on any atom is -0.493 e. The van der Waals surface area contributed by atoms with E-state index in [9.17, 15) is 0 Å². The molecule has 128 valence electrons. The number of nitrogens with one attached hydrogen (secondary N) is 1. The summed E-state index contributed by atoms with van der Waals surface area (Å²) in [5.41, 5.74) is 4.07. The van der Waals surface area contributed by atoms with Crippen LogP contribution in [0.5, 0.6) is 11.5 Å². The van der Waals surface area contributed by atoms with Gasteiger partial charge in [-0.2, -0.15) is 0 Å². The lowest BCUT2D eigenvalue weighted by Crippen LogP contribution is -2.32. The van der Waals surface area contributed by atoms with Crippen LogP contribution in [-0.4, -0.2) is 31.5 Å². The molecule has 3 rings (SSSR count). The molecular weight excluding hydrogens is 302 g/mol. The van der Waals surface area contributed by atoms with Crippen LogP contribution in [0, 0.1) is 0 Å². The summed E-state index contributed by atoms with van der Waals surface area (Å²) in [4.78, 5) is 0. The van der Waals surface area contributed by atoms with E-state index in [1.165, 1.54) is 16.7 Å². The predicted octanol–water partition coefficient (Wildman–Crippen LogP) is 2.88. The Bertz CT molecular complexity index is 661. The van der Waals surface area contributed by atoms with Crippen LogP contribution in [0.15, 0.2) is 42.5 Å². The first kappa shape index (κ1) is 16.8. The number of ether oxygens (including phenoxy) is 2. The van der Waals surface area contributed by atoms with Gasteiger partial charge >= 0.3 is 0 Å². The lowest BCUT2D eigenvalue weighted by Gasteiger charge is -2.21. The molecule has 1 atom stereocenters. The van der Waals surface area contributed by atoms with E-state index in [2.05, 4.69) is 42.6 Å². The molecule has 0 aliphatic heterocycles. The maximum absolute atomic E-state index is 8.89. The van der Waals surface area contributed by atoms with Crippen molar-refractivity contribution in [1.29, 1.82) is 0 Å². The first-order chi connectivity index (χ1) is 11.7. The van der Waals surface area contributed by atoms with Crippen molar-refractivity contribution in [3.8, 4) is 11.5 Å². The maximum atomic E-state index is 8.89. The Labute approximate surface area is 143 Å². The first-order valence-electron chi connectivity index (χ1n) is 8.45. The number of rotatable bonds is 7. The van der Waals surface area contributed by atoms with Crippen LogP contribution in [-0.2, 0) is 12.8 Å². The monoisotopic (exact) mass is 327 g/mol. The highest BCUT2D eigenvalue weighted by molar-refractivity contribution is 5.44. The molecule has 0 unspecified atom stereocenters. The highest BCUT2D eigenvalue weighted by atomic mass is 16.5. The minimum absolute atomic E-state index is 0.00883. The Balaban J connectivity index is 1.66. The zero-order valence-electron chi connectivity index (χ0n) is 14.3. The molecule has 2 N–H and O–H groups in total. The van der Waals surface area contributed by atoms with E-state index in [0.29, 0.717) is 17.5 Å². The molecule has 4 nitrogen and oxygen atoms in total. The summed E-state index contributed by atoms with van der Waals surface area (Å²) in [6.07, 6.45) is 2.16. The molecule has 2 aromatic carbocycles. The van der Waals surface area contributed by atoms with Crippen molar-refractivity contribution in [1.82, 2.24) is 5.32 Å². The van der Waals surface area contributed by atoms with Gasteiger partial charge in [0.25, 0.3) is 0 Å². The van der Waals surface area contributed by atoms with E-state index in [0.717, 1.165) is 12.8 Å². The molecular formula is C20H25NO3. The SMILES string of the molecule is COc1cc([C@H](C)NC2Cc3ccccc3C2)ccc1OCCO. The number of benzene rings is 2. The molecule has 4 heteroatoms. The molecule has 1 aliphatic rings. The maximum Gasteiger partial charge on any atom is 0.161 e. The van der Waals surface area contributed by atoms with Gasteiger partial charge < -0.3 is 19.9 Å². The van der Waals surface area contributed by atoms with Crippen molar-refractivity contribution in [3.05, 3.63) is 59.2 Å². The van der Waals surface area contributed by atoms with Gasteiger partial charge in [0, 0.05) is 12.1 Å². The highest BCUT2D eigenvalue weighted by Crippen LogP contribution is 2.31. The van der Waals surface area contributed by atoms with Gasteiger partial charge in [-0.15, -0.1) is 0 Å². The number of hydrogen-bond donors (Lipinski definition) is 2. The fraction of sp³-hybridized carbons (Fsp3) is 0.400. The van der Waals surface area contributed by atoms with E-state index in [1.807, 2.05) is 12.1 Å². The van der Waals surface area contributed by atoms with Gasteiger partial charge in [-0.25, -0.2) is 0 Å². The molecule has 0 bridgehead atoms. The first-order valence-corrected chi connectivity index (χ1v) is 8.45. The summed E-state index contributed by atoms with van der Waals surface area (Å²) in [5.74, 6) is 1.36. The van der Waals surface area contributed by atoms with E-state index in [-0.39, 0.29) is 19.3 Å². The topological polar surface area (TPSA) is 50.7 Å². The summed E-state index contributed by atoms with van der Waals surface area (Å²) in [5, 5.41) is 12.6. The van der Waals surface area contributed by atoms with Crippen LogP contribution in [0.4, 0.5) is 0 Å². The Kier molecular flexibility index (Phi) is 5.38. The van der Waals surface area contributed by atoms with Crippen molar-refractivity contribution in [2.45, 2.75) is 31.8 Å². The Hall–Kier alpha value is -2.04. The van der Waals surface area contributed by atoms with Crippen molar-refractivity contribution in [3.63, 3.8) is 0 Å². The smallest absolute Gasteiger partial charge is 0.161 e. The summed E-state index contributed by atoms with van der Waals surface area (Å²) >= 11 is 0. The number of hydrogen-bond acceptors (Lipinski definition) is 4. The van der Waals surface area contributed by atoms with Gasteiger partial charge in [0.05, 0.1) is 13.7 Å². The van der Waals surface area contributed by atoms with Crippen molar-refractivity contribution in [2.24, 2.45) is 0 Å². The molecule has 1 aliphatic carbocycles. The van der Waals surface area contributed by atoms with Crippen LogP contribution in [0.2, 0.25) is 0 Å². The molecule has 0 radical (unpaired) electrons. The third-order valence-corrected chi connectivity index (χ3v) is 4.57. The molecule has 0 fully saturated rings.